The summed E-state index contributed by atoms with van der Waals surface area (Å²) in [6, 6.07) is 0. The Morgan fingerprint density at radius 2 is 2.08 bits per heavy atom. The summed E-state index contributed by atoms with van der Waals surface area (Å²) in [6.45, 7) is 8.20. The molecule has 0 aromatic carbocycles. The molecule has 78 valence electrons. The number of hydrogen-bond acceptors (Lipinski definition) is 2. The van der Waals surface area contributed by atoms with E-state index < -0.39 is 0 Å². The molecular formula is C11H24N2. The lowest BCUT2D eigenvalue weighted by Crippen LogP contribution is -2.47. The van der Waals surface area contributed by atoms with Gasteiger partial charge in [-0.1, -0.05) is 20.3 Å². The van der Waals surface area contributed by atoms with Gasteiger partial charge in [0.05, 0.1) is 0 Å². The summed E-state index contributed by atoms with van der Waals surface area (Å²) in [6.07, 6.45) is 5.20. The van der Waals surface area contributed by atoms with Crippen molar-refractivity contribution < 1.29 is 0 Å². The van der Waals surface area contributed by atoms with Crippen LogP contribution in [0.15, 0.2) is 0 Å². The highest BCUT2D eigenvalue weighted by molar-refractivity contribution is 4.95. The molecule has 0 spiro atoms. The van der Waals surface area contributed by atoms with Crippen LogP contribution in [0, 0.1) is 0 Å². The molecule has 1 unspecified atom stereocenters. The van der Waals surface area contributed by atoms with Crippen molar-refractivity contribution in [3.63, 3.8) is 0 Å². The Bertz CT molecular complexity index is 143. The van der Waals surface area contributed by atoms with Crippen LogP contribution in [0.1, 0.15) is 39.5 Å². The molecular weight excluding hydrogens is 160 g/mol. The van der Waals surface area contributed by atoms with E-state index in [1.807, 2.05) is 0 Å². The first-order valence-electron chi connectivity index (χ1n) is 5.66. The summed E-state index contributed by atoms with van der Waals surface area (Å²) in [5.74, 6) is 0. The maximum atomic E-state index is 3.73. The molecule has 2 nitrogen and oxygen atoms in total. The summed E-state index contributed by atoms with van der Waals surface area (Å²) in [5, 5.41) is 3.73. The minimum atomic E-state index is 0.444. The molecule has 0 aliphatic carbocycles. The second-order valence-electron chi connectivity index (χ2n) is 4.44. The normalized spacial score (nSPS) is 29.8. The minimum Gasteiger partial charge on any atom is -0.310 e. The molecule has 0 saturated carbocycles. The van der Waals surface area contributed by atoms with Gasteiger partial charge in [0.1, 0.15) is 0 Å². The largest absolute Gasteiger partial charge is 0.310 e. The van der Waals surface area contributed by atoms with Crippen molar-refractivity contribution in [1.82, 2.24) is 10.2 Å². The second kappa shape index (κ2) is 4.97. The van der Waals surface area contributed by atoms with Crippen molar-refractivity contribution in [1.29, 1.82) is 0 Å². The predicted molar refractivity (Wildman–Crippen MR) is 58.0 cm³/mol. The summed E-state index contributed by atoms with van der Waals surface area (Å²) < 4.78 is 0. The highest BCUT2D eigenvalue weighted by atomic mass is 15.2. The zero-order chi connectivity index (χ0) is 9.73. The van der Waals surface area contributed by atoms with Gasteiger partial charge in [0, 0.05) is 12.1 Å². The fourth-order valence-electron chi connectivity index (χ4n) is 2.39. The van der Waals surface area contributed by atoms with Gasteiger partial charge in [0.25, 0.3) is 0 Å². The van der Waals surface area contributed by atoms with Crippen molar-refractivity contribution in [2.75, 3.05) is 26.7 Å². The van der Waals surface area contributed by atoms with E-state index in [1.165, 1.54) is 45.3 Å². The zero-order valence-electron chi connectivity index (χ0n) is 9.40. The van der Waals surface area contributed by atoms with Crippen LogP contribution in [-0.4, -0.2) is 37.1 Å². The molecule has 1 fully saturated rings. The topological polar surface area (TPSA) is 15.3 Å². The van der Waals surface area contributed by atoms with E-state index >= 15 is 0 Å². The van der Waals surface area contributed by atoms with Gasteiger partial charge in [-0.2, -0.15) is 0 Å². The van der Waals surface area contributed by atoms with E-state index in [0.29, 0.717) is 5.54 Å². The van der Waals surface area contributed by atoms with Crippen molar-refractivity contribution in [2.45, 2.75) is 45.1 Å². The van der Waals surface area contributed by atoms with Gasteiger partial charge < -0.3 is 10.2 Å². The Balaban J connectivity index is 2.44. The Hall–Kier alpha value is -0.0800. The van der Waals surface area contributed by atoms with E-state index in [2.05, 4.69) is 31.1 Å². The molecule has 0 aromatic heterocycles. The van der Waals surface area contributed by atoms with E-state index in [-0.39, 0.29) is 0 Å². The molecule has 1 heterocycles. The maximum Gasteiger partial charge on any atom is 0.0320 e. The molecule has 1 aliphatic rings. The smallest absolute Gasteiger partial charge is 0.0320 e. The molecule has 2 heteroatoms. The van der Waals surface area contributed by atoms with Crippen LogP contribution < -0.4 is 5.32 Å². The highest BCUT2D eigenvalue weighted by Crippen LogP contribution is 2.24. The van der Waals surface area contributed by atoms with Crippen molar-refractivity contribution in [2.24, 2.45) is 0 Å². The Kier molecular flexibility index (Phi) is 4.20. The Morgan fingerprint density at radius 1 is 1.31 bits per heavy atom. The highest BCUT2D eigenvalue weighted by Gasteiger charge is 2.34. The monoisotopic (exact) mass is 184 g/mol. The van der Waals surface area contributed by atoms with Crippen LogP contribution in [0.3, 0.4) is 0 Å². The van der Waals surface area contributed by atoms with Gasteiger partial charge in [-0.25, -0.2) is 0 Å². The molecule has 1 saturated heterocycles. The van der Waals surface area contributed by atoms with Crippen LogP contribution >= 0.6 is 0 Å². The third-order valence-corrected chi connectivity index (χ3v) is 3.02. The number of rotatable bonds is 5. The maximum absolute atomic E-state index is 3.73. The molecule has 1 aliphatic heterocycles. The third kappa shape index (κ3) is 2.96. The average molecular weight is 184 g/mol. The van der Waals surface area contributed by atoms with Gasteiger partial charge in [-0.15, -0.1) is 0 Å². The predicted octanol–water partition coefficient (Wildman–Crippen LogP) is 1.86. The van der Waals surface area contributed by atoms with E-state index in [4.69, 9.17) is 0 Å². The second-order valence-corrected chi connectivity index (χ2v) is 4.44. The van der Waals surface area contributed by atoms with Crippen molar-refractivity contribution >= 4 is 0 Å². The van der Waals surface area contributed by atoms with E-state index in [9.17, 15) is 0 Å². The van der Waals surface area contributed by atoms with Crippen LogP contribution in [0.5, 0.6) is 0 Å². The number of nitrogens with zero attached hydrogens (tertiary/aromatic N) is 1. The van der Waals surface area contributed by atoms with Gasteiger partial charge in [-0.3, -0.25) is 0 Å². The molecule has 1 rings (SSSR count). The molecule has 0 radical (unpaired) electrons. The standard InChI is InChI=1S/C11H24N2/c1-4-6-11(12-8-5-2)7-9-13(3)10-11/h12H,4-10H2,1-3H3. The van der Waals surface area contributed by atoms with Crippen LogP contribution in [0.2, 0.25) is 0 Å². The minimum absolute atomic E-state index is 0.444. The number of hydrogen-bond donors (Lipinski definition) is 1. The van der Waals surface area contributed by atoms with E-state index in [0.717, 1.165) is 0 Å². The van der Waals surface area contributed by atoms with E-state index in [1.54, 1.807) is 0 Å². The molecule has 0 amide bonds. The van der Waals surface area contributed by atoms with Crippen LogP contribution in [0.25, 0.3) is 0 Å². The third-order valence-electron chi connectivity index (χ3n) is 3.02. The first kappa shape index (κ1) is 11.0. The summed E-state index contributed by atoms with van der Waals surface area (Å²) >= 11 is 0. The van der Waals surface area contributed by atoms with Gasteiger partial charge >= 0.3 is 0 Å². The summed E-state index contributed by atoms with van der Waals surface area (Å²) in [4.78, 5) is 2.44. The Labute approximate surface area is 82.7 Å². The first-order chi connectivity index (χ1) is 6.22. The average Bonchev–Trinajstić information content (AvgIpc) is 2.46. The molecule has 0 bridgehead atoms. The lowest BCUT2D eigenvalue weighted by atomic mass is 9.92. The Morgan fingerprint density at radius 3 is 2.54 bits per heavy atom. The number of likely N-dealkylation sites (tertiary alicyclic amines) is 1. The quantitative estimate of drug-likeness (QED) is 0.701. The first-order valence-corrected chi connectivity index (χ1v) is 5.66. The molecule has 0 aromatic rings. The zero-order valence-corrected chi connectivity index (χ0v) is 9.40. The molecule has 1 atom stereocenters. The van der Waals surface area contributed by atoms with Gasteiger partial charge in [0.2, 0.25) is 0 Å². The van der Waals surface area contributed by atoms with Crippen LogP contribution in [-0.2, 0) is 0 Å². The fourth-order valence-corrected chi connectivity index (χ4v) is 2.39. The van der Waals surface area contributed by atoms with Crippen molar-refractivity contribution in [3.8, 4) is 0 Å². The fraction of sp³-hybridized carbons (Fsp3) is 1.00. The SMILES string of the molecule is CCCNC1(CCC)CCN(C)C1. The van der Waals surface area contributed by atoms with Gasteiger partial charge in [-0.05, 0) is 39.4 Å². The summed E-state index contributed by atoms with van der Waals surface area (Å²) in [7, 11) is 2.23. The van der Waals surface area contributed by atoms with Crippen LogP contribution in [0.4, 0.5) is 0 Å². The number of likely N-dealkylation sites (N-methyl/N-ethyl adjacent to an activating group) is 1. The molecule has 13 heavy (non-hydrogen) atoms. The lowest BCUT2D eigenvalue weighted by molar-refractivity contribution is 0.291. The summed E-state index contributed by atoms with van der Waals surface area (Å²) in [5.41, 5.74) is 0.444. The number of nitrogens with one attached hydrogen (secondary N) is 1. The molecule has 1 N–H and O–H groups in total. The van der Waals surface area contributed by atoms with Crippen molar-refractivity contribution in [3.05, 3.63) is 0 Å². The van der Waals surface area contributed by atoms with Gasteiger partial charge in [0.15, 0.2) is 0 Å². The lowest BCUT2D eigenvalue weighted by Gasteiger charge is -2.30.